The molecule has 1 saturated heterocycles. The Balaban J connectivity index is 1.31. The van der Waals surface area contributed by atoms with Crippen molar-refractivity contribution >= 4 is 29.4 Å². The van der Waals surface area contributed by atoms with Crippen LogP contribution in [0.25, 0.3) is 11.1 Å². The first-order chi connectivity index (χ1) is 22.7. The minimum absolute atomic E-state index is 0.00173. The lowest BCUT2D eigenvalue weighted by Gasteiger charge is -2.32. The van der Waals surface area contributed by atoms with E-state index in [9.17, 15) is 19.5 Å². The zero-order chi connectivity index (χ0) is 33.6. The molecule has 0 radical (unpaired) electrons. The molecule has 0 atom stereocenters. The second-order valence-electron chi connectivity index (χ2n) is 12.0. The number of likely N-dealkylation sites (N-methyl/N-ethyl adjacent to an activating group) is 1. The molecule has 3 aromatic rings. The Morgan fingerprint density at radius 2 is 1.45 bits per heavy atom. The standard InChI is InChI=1S/C37H45ClN2O7/c1-39-18-20-40(21-19-39)37(45)30-24-29(27-12-14-31(38)15-13-27)25-32(26-30)46-22-5-3-2-4-8-28-9-6-10-34(33(28)16-17-36(43)44)47-23-7-11-35(41)42/h6,9-10,12-15,24-26H,2-5,7-8,11,16-23H2,1H3,(H,41,42)(H,43,44). The van der Waals surface area contributed by atoms with Gasteiger partial charge in [0.1, 0.15) is 11.5 Å². The van der Waals surface area contributed by atoms with E-state index < -0.39 is 11.9 Å². The lowest BCUT2D eigenvalue weighted by atomic mass is 9.97. The predicted octanol–water partition coefficient (Wildman–Crippen LogP) is 6.84. The molecule has 4 rings (SSSR count). The molecule has 252 valence electrons. The van der Waals surface area contributed by atoms with Crippen molar-refractivity contribution in [3.05, 3.63) is 82.4 Å². The van der Waals surface area contributed by atoms with Crippen LogP contribution < -0.4 is 9.47 Å². The van der Waals surface area contributed by atoms with Crippen LogP contribution in [0.2, 0.25) is 5.02 Å². The van der Waals surface area contributed by atoms with Gasteiger partial charge in [-0.05, 0) is 97.8 Å². The number of carbonyl (C=O) groups excluding carboxylic acids is 1. The number of halogens is 1. The third-order valence-corrected chi connectivity index (χ3v) is 8.59. The van der Waals surface area contributed by atoms with Gasteiger partial charge < -0.3 is 29.5 Å². The van der Waals surface area contributed by atoms with Crippen LogP contribution in [0.1, 0.15) is 66.4 Å². The zero-order valence-electron chi connectivity index (χ0n) is 27.1. The van der Waals surface area contributed by atoms with Gasteiger partial charge >= 0.3 is 11.9 Å². The number of aliphatic carboxylic acids is 2. The van der Waals surface area contributed by atoms with E-state index in [1.165, 1.54) is 0 Å². The van der Waals surface area contributed by atoms with E-state index >= 15 is 0 Å². The Kier molecular flexibility index (Phi) is 13.9. The number of piperazine rings is 1. The van der Waals surface area contributed by atoms with E-state index in [1.807, 2.05) is 65.6 Å². The highest BCUT2D eigenvalue weighted by Gasteiger charge is 2.22. The monoisotopic (exact) mass is 664 g/mol. The minimum Gasteiger partial charge on any atom is -0.494 e. The number of hydrogen-bond donors (Lipinski definition) is 2. The van der Waals surface area contributed by atoms with Crippen LogP contribution >= 0.6 is 11.6 Å². The molecular weight excluding hydrogens is 620 g/mol. The molecule has 1 amide bonds. The van der Waals surface area contributed by atoms with Crippen molar-refractivity contribution in [2.24, 2.45) is 0 Å². The summed E-state index contributed by atoms with van der Waals surface area (Å²) in [5.74, 6) is -0.430. The Labute approximate surface area is 282 Å². The van der Waals surface area contributed by atoms with E-state index in [4.69, 9.17) is 26.2 Å². The molecule has 9 nitrogen and oxygen atoms in total. The quantitative estimate of drug-likeness (QED) is 0.142. The fourth-order valence-electron chi connectivity index (χ4n) is 5.67. The Hall–Kier alpha value is -4.08. The van der Waals surface area contributed by atoms with Crippen molar-refractivity contribution in [1.29, 1.82) is 0 Å². The van der Waals surface area contributed by atoms with E-state index in [-0.39, 0.29) is 25.4 Å². The van der Waals surface area contributed by atoms with E-state index in [0.29, 0.717) is 54.6 Å². The number of nitrogens with zero attached hydrogens (tertiary/aromatic N) is 2. The molecule has 0 aliphatic carbocycles. The van der Waals surface area contributed by atoms with Gasteiger partial charge in [0.15, 0.2) is 0 Å². The normalized spacial score (nSPS) is 13.4. The zero-order valence-corrected chi connectivity index (χ0v) is 27.8. The molecule has 1 fully saturated rings. The molecule has 10 heteroatoms. The maximum Gasteiger partial charge on any atom is 0.303 e. The highest BCUT2D eigenvalue weighted by atomic mass is 35.5. The van der Waals surface area contributed by atoms with Gasteiger partial charge in [-0.25, -0.2) is 0 Å². The number of carboxylic acid groups (broad SMARTS) is 2. The fraction of sp³-hybridized carbons (Fsp3) is 0.432. The summed E-state index contributed by atoms with van der Waals surface area (Å²) >= 11 is 6.12. The number of unbranched alkanes of at least 4 members (excludes halogenated alkanes) is 3. The third kappa shape index (κ3) is 11.6. The molecule has 1 heterocycles. The maximum atomic E-state index is 13.4. The average molecular weight is 665 g/mol. The summed E-state index contributed by atoms with van der Waals surface area (Å²) in [6, 6.07) is 19.1. The highest BCUT2D eigenvalue weighted by molar-refractivity contribution is 6.30. The molecule has 0 spiro atoms. The minimum atomic E-state index is -0.869. The summed E-state index contributed by atoms with van der Waals surface area (Å²) < 4.78 is 12.0. The summed E-state index contributed by atoms with van der Waals surface area (Å²) in [5.41, 5.74) is 4.43. The number of carboxylic acids is 2. The number of amides is 1. The summed E-state index contributed by atoms with van der Waals surface area (Å²) in [7, 11) is 2.07. The summed E-state index contributed by atoms with van der Waals surface area (Å²) in [5, 5.41) is 18.8. The number of aryl methyl sites for hydroxylation is 1. The SMILES string of the molecule is CN1CCN(C(=O)c2cc(OCCCCCCc3cccc(OCCCC(=O)O)c3CCC(=O)O)cc(-c3ccc(Cl)cc3)c2)CC1. The van der Waals surface area contributed by atoms with Gasteiger partial charge in [0.05, 0.1) is 13.2 Å². The van der Waals surface area contributed by atoms with Gasteiger partial charge in [-0.1, -0.05) is 48.7 Å². The van der Waals surface area contributed by atoms with Gasteiger partial charge in [-0.3, -0.25) is 14.4 Å². The molecule has 0 bridgehead atoms. The number of carbonyl (C=O) groups is 3. The van der Waals surface area contributed by atoms with E-state index in [0.717, 1.165) is 67.4 Å². The highest BCUT2D eigenvalue weighted by Crippen LogP contribution is 2.29. The second kappa shape index (κ2) is 18.3. The summed E-state index contributed by atoms with van der Waals surface area (Å²) in [6.07, 6.45) is 5.29. The summed E-state index contributed by atoms with van der Waals surface area (Å²) in [6.45, 7) is 3.89. The average Bonchev–Trinajstić information content (AvgIpc) is 3.05. The van der Waals surface area contributed by atoms with Crippen molar-refractivity contribution in [3.63, 3.8) is 0 Å². The largest absolute Gasteiger partial charge is 0.494 e. The molecule has 0 saturated carbocycles. The first-order valence-corrected chi connectivity index (χ1v) is 16.8. The van der Waals surface area contributed by atoms with Crippen LogP contribution in [-0.2, 0) is 22.4 Å². The van der Waals surface area contributed by atoms with Gasteiger partial charge in [0, 0.05) is 49.6 Å². The first kappa shape index (κ1) is 35.8. The van der Waals surface area contributed by atoms with Crippen LogP contribution in [0.15, 0.2) is 60.7 Å². The first-order valence-electron chi connectivity index (χ1n) is 16.4. The molecule has 1 aliphatic heterocycles. The van der Waals surface area contributed by atoms with Crippen LogP contribution in [-0.4, -0.2) is 84.3 Å². The number of benzene rings is 3. The molecule has 1 aliphatic rings. The molecule has 47 heavy (non-hydrogen) atoms. The molecule has 0 aromatic heterocycles. The van der Waals surface area contributed by atoms with E-state index in [1.54, 1.807) is 0 Å². The Bertz CT molecular complexity index is 1490. The van der Waals surface area contributed by atoms with E-state index in [2.05, 4.69) is 11.9 Å². The van der Waals surface area contributed by atoms with Gasteiger partial charge in [-0.2, -0.15) is 0 Å². The lowest BCUT2D eigenvalue weighted by Crippen LogP contribution is -2.47. The van der Waals surface area contributed by atoms with Crippen LogP contribution in [0, 0.1) is 0 Å². The van der Waals surface area contributed by atoms with Gasteiger partial charge in [0.2, 0.25) is 0 Å². The second-order valence-corrected chi connectivity index (χ2v) is 12.4. The molecule has 2 N–H and O–H groups in total. The number of ether oxygens (including phenoxy) is 2. The van der Waals surface area contributed by atoms with Crippen LogP contribution in [0.3, 0.4) is 0 Å². The maximum absolute atomic E-state index is 13.4. The predicted molar refractivity (Wildman–Crippen MR) is 183 cm³/mol. The van der Waals surface area contributed by atoms with Gasteiger partial charge in [0.25, 0.3) is 5.91 Å². The van der Waals surface area contributed by atoms with Crippen LogP contribution in [0.4, 0.5) is 0 Å². The number of hydrogen-bond acceptors (Lipinski definition) is 6. The molecular formula is C37H45ClN2O7. The molecule has 0 unspecified atom stereocenters. The van der Waals surface area contributed by atoms with Crippen molar-refractivity contribution in [1.82, 2.24) is 9.80 Å². The van der Waals surface area contributed by atoms with Gasteiger partial charge in [-0.15, -0.1) is 0 Å². The number of rotatable bonds is 18. The smallest absolute Gasteiger partial charge is 0.303 e. The van der Waals surface area contributed by atoms with Crippen molar-refractivity contribution < 1.29 is 34.1 Å². The lowest BCUT2D eigenvalue weighted by molar-refractivity contribution is -0.138. The van der Waals surface area contributed by atoms with Crippen molar-refractivity contribution in [2.75, 3.05) is 46.4 Å². The Morgan fingerprint density at radius 3 is 2.17 bits per heavy atom. The Morgan fingerprint density at radius 1 is 0.745 bits per heavy atom. The molecule has 3 aromatic carbocycles. The van der Waals surface area contributed by atoms with Crippen LogP contribution in [0.5, 0.6) is 11.5 Å². The summed E-state index contributed by atoms with van der Waals surface area (Å²) in [4.78, 5) is 39.7. The topological polar surface area (TPSA) is 117 Å². The van der Waals surface area contributed by atoms with Crippen molar-refractivity contribution in [3.8, 4) is 22.6 Å². The third-order valence-electron chi connectivity index (χ3n) is 8.34. The van der Waals surface area contributed by atoms with Crippen molar-refractivity contribution in [2.45, 2.75) is 57.8 Å². The fourth-order valence-corrected chi connectivity index (χ4v) is 5.80.